The largest absolute Gasteiger partial charge is 0.327 e. The molecule has 1 saturated heterocycles. The van der Waals surface area contributed by atoms with Crippen molar-refractivity contribution < 1.29 is 9.59 Å². The van der Waals surface area contributed by atoms with Gasteiger partial charge in [0.25, 0.3) is 0 Å². The van der Waals surface area contributed by atoms with E-state index in [1.54, 1.807) is 4.90 Å². The van der Waals surface area contributed by atoms with Crippen molar-refractivity contribution in [2.45, 2.75) is 27.2 Å². The molecule has 4 nitrogen and oxygen atoms in total. The predicted molar refractivity (Wildman–Crippen MR) is 53.8 cm³/mol. The van der Waals surface area contributed by atoms with Crippen LogP contribution in [0.1, 0.15) is 27.2 Å². The van der Waals surface area contributed by atoms with Crippen molar-refractivity contribution in [1.82, 2.24) is 9.80 Å². The summed E-state index contributed by atoms with van der Waals surface area (Å²) in [6.07, 6.45) is 0.826. The first-order chi connectivity index (χ1) is 6.56. The molecule has 0 aromatic rings. The van der Waals surface area contributed by atoms with Crippen LogP contribution in [0.4, 0.5) is 4.79 Å². The lowest BCUT2D eigenvalue weighted by Crippen LogP contribution is -2.35. The standard InChI is InChI=1S/C10H18N2O2/c1-4-5-12-9(13)7-11(10(12)14)6-8(2)3/h8H,4-7H2,1-3H3. The Labute approximate surface area is 84.9 Å². The molecule has 0 aromatic carbocycles. The maximum absolute atomic E-state index is 11.7. The van der Waals surface area contributed by atoms with Crippen LogP contribution in [-0.2, 0) is 4.79 Å². The van der Waals surface area contributed by atoms with E-state index in [0.717, 1.165) is 6.42 Å². The molecule has 0 bridgehead atoms. The van der Waals surface area contributed by atoms with E-state index in [9.17, 15) is 9.59 Å². The van der Waals surface area contributed by atoms with Crippen LogP contribution in [0.2, 0.25) is 0 Å². The molecule has 4 heteroatoms. The SMILES string of the molecule is CCCN1C(=O)CN(CC(C)C)C1=O. The van der Waals surface area contributed by atoms with Crippen LogP contribution in [0.3, 0.4) is 0 Å². The Hall–Kier alpha value is -1.06. The first-order valence-corrected chi connectivity index (χ1v) is 5.15. The van der Waals surface area contributed by atoms with Crippen molar-refractivity contribution in [2.75, 3.05) is 19.6 Å². The molecule has 0 aliphatic carbocycles. The first-order valence-electron chi connectivity index (χ1n) is 5.15. The van der Waals surface area contributed by atoms with Gasteiger partial charge in [0, 0.05) is 13.1 Å². The van der Waals surface area contributed by atoms with Gasteiger partial charge in [-0.1, -0.05) is 20.8 Å². The molecule has 0 N–H and O–H groups in total. The van der Waals surface area contributed by atoms with E-state index in [1.807, 2.05) is 20.8 Å². The summed E-state index contributed by atoms with van der Waals surface area (Å²) in [6, 6.07) is -0.120. The van der Waals surface area contributed by atoms with Crippen LogP contribution < -0.4 is 0 Å². The van der Waals surface area contributed by atoms with Crippen molar-refractivity contribution >= 4 is 11.9 Å². The second-order valence-corrected chi connectivity index (χ2v) is 4.10. The van der Waals surface area contributed by atoms with E-state index in [0.29, 0.717) is 19.0 Å². The molecule has 0 unspecified atom stereocenters. The number of hydrogen-bond donors (Lipinski definition) is 0. The zero-order valence-electron chi connectivity index (χ0n) is 9.12. The molecular weight excluding hydrogens is 180 g/mol. The maximum atomic E-state index is 11.7. The van der Waals surface area contributed by atoms with Crippen LogP contribution in [0, 0.1) is 5.92 Å². The Bertz CT molecular complexity index is 238. The van der Waals surface area contributed by atoms with Crippen LogP contribution in [0.15, 0.2) is 0 Å². The first kappa shape index (κ1) is 11.0. The third-order valence-corrected chi connectivity index (χ3v) is 2.16. The number of carbonyl (C=O) groups is 2. The Morgan fingerprint density at radius 1 is 1.36 bits per heavy atom. The van der Waals surface area contributed by atoms with Gasteiger partial charge in [0.2, 0.25) is 5.91 Å². The van der Waals surface area contributed by atoms with E-state index < -0.39 is 0 Å². The maximum Gasteiger partial charge on any atom is 0.327 e. The minimum atomic E-state index is -0.120. The quantitative estimate of drug-likeness (QED) is 0.639. The fraction of sp³-hybridized carbons (Fsp3) is 0.800. The Morgan fingerprint density at radius 3 is 2.50 bits per heavy atom. The fourth-order valence-electron chi connectivity index (χ4n) is 1.62. The highest BCUT2D eigenvalue weighted by Gasteiger charge is 2.34. The summed E-state index contributed by atoms with van der Waals surface area (Å²) in [6.45, 7) is 7.53. The van der Waals surface area contributed by atoms with Crippen LogP contribution >= 0.6 is 0 Å². The molecule has 0 radical (unpaired) electrons. The van der Waals surface area contributed by atoms with Crippen molar-refractivity contribution in [3.05, 3.63) is 0 Å². The normalized spacial score (nSPS) is 17.4. The summed E-state index contributed by atoms with van der Waals surface area (Å²) in [5.41, 5.74) is 0. The lowest BCUT2D eigenvalue weighted by Gasteiger charge is -2.18. The van der Waals surface area contributed by atoms with E-state index in [2.05, 4.69) is 0 Å². The molecule has 0 saturated carbocycles. The second kappa shape index (κ2) is 4.44. The van der Waals surface area contributed by atoms with E-state index >= 15 is 0 Å². The summed E-state index contributed by atoms with van der Waals surface area (Å²) in [4.78, 5) is 26.1. The van der Waals surface area contributed by atoms with Crippen molar-refractivity contribution in [2.24, 2.45) is 5.92 Å². The lowest BCUT2D eigenvalue weighted by molar-refractivity contribution is -0.125. The zero-order chi connectivity index (χ0) is 10.7. The smallest absolute Gasteiger partial charge is 0.315 e. The van der Waals surface area contributed by atoms with Crippen LogP contribution in [0.25, 0.3) is 0 Å². The summed E-state index contributed by atoms with van der Waals surface area (Å²) in [7, 11) is 0. The molecule has 1 fully saturated rings. The third kappa shape index (κ3) is 2.25. The molecule has 1 aliphatic rings. The molecule has 3 amide bonds. The second-order valence-electron chi connectivity index (χ2n) is 4.10. The van der Waals surface area contributed by atoms with Gasteiger partial charge in [-0.15, -0.1) is 0 Å². The number of hydrogen-bond acceptors (Lipinski definition) is 2. The number of urea groups is 1. The number of amides is 3. The predicted octanol–water partition coefficient (Wildman–Crippen LogP) is 1.32. The van der Waals surface area contributed by atoms with Gasteiger partial charge < -0.3 is 4.90 Å². The number of rotatable bonds is 4. The van der Waals surface area contributed by atoms with Gasteiger partial charge in [0.05, 0.1) is 0 Å². The Kier molecular flexibility index (Phi) is 3.49. The number of carbonyl (C=O) groups excluding carboxylic acids is 2. The van der Waals surface area contributed by atoms with Gasteiger partial charge in [-0.2, -0.15) is 0 Å². The van der Waals surface area contributed by atoms with Gasteiger partial charge in [-0.25, -0.2) is 4.79 Å². The molecule has 1 heterocycles. The van der Waals surface area contributed by atoms with Crippen molar-refractivity contribution in [3.8, 4) is 0 Å². The zero-order valence-corrected chi connectivity index (χ0v) is 9.12. The molecule has 0 atom stereocenters. The molecular formula is C10H18N2O2. The topological polar surface area (TPSA) is 40.6 Å². The fourth-order valence-corrected chi connectivity index (χ4v) is 1.62. The minimum absolute atomic E-state index is 0.0579. The van der Waals surface area contributed by atoms with E-state index in [4.69, 9.17) is 0 Å². The summed E-state index contributed by atoms with van der Waals surface area (Å²) < 4.78 is 0. The molecule has 14 heavy (non-hydrogen) atoms. The van der Waals surface area contributed by atoms with Gasteiger partial charge >= 0.3 is 6.03 Å². The van der Waals surface area contributed by atoms with Gasteiger partial charge in [-0.05, 0) is 12.3 Å². The highest BCUT2D eigenvalue weighted by Crippen LogP contribution is 2.12. The minimum Gasteiger partial charge on any atom is -0.315 e. The highest BCUT2D eigenvalue weighted by atomic mass is 16.2. The monoisotopic (exact) mass is 198 g/mol. The van der Waals surface area contributed by atoms with Gasteiger partial charge in [0.1, 0.15) is 6.54 Å². The molecule has 1 rings (SSSR count). The molecule has 1 aliphatic heterocycles. The van der Waals surface area contributed by atoms with E-state index in [1.165, 1.54) is 4.90 Å². The van der Waals surface area contributed by atoms with Gasteiger partial charge in [-0.3, -0.25) is 9.69 Å². The third-order valence-electron chi connectivity index (χ3n) is 2.16. The van der Waals surface area contributed by atoms with Crippen LogP contribution in [-0.4, -0.2) is 41.4 Å². The highest BCUT2D eigenvalue weighted by molar-refractivity contribution is 6.01. The summed E-state index contributed by atoms with van der Waals surface area (Å²) in [5.74, 6) is 0.353. The molecule has 0 aromatic heterocycles. The summed E-state index contributed by atoms with van der Waals surface area (Å²) >= 11 is 0. The van der Waals surface area contributed by atoms with Crippen molar-refractivity contribution in [3.63, 3.8) is 0 Å². The number of nitrogens with zero attached hydrogens (tertiary/aromatic N) is 2. The lowest BCUT2D eigenvalue weighted by atomic mass is 10.2. The van der Waals surface area contributed by atoms with Gasteiger partial charge in [0.15, 0.2) is 0 Å². The number of imide groups is 1. The van der Waals surface area contributed by atoms with Crippen LogP contribution in [0.5, 0.6) is 0 Å². The average Bonchev–Trinajstić information content (AvgIpc) is 2.32. The average molecular weight is 198 g/mol. The molecule has 80 valence electrons. The van der Waals surface area contributed by atoms with Crippen molar-refractivity contribution in [1.29, 1.82) is 0 Å². The summed E-state index contributed by atoms with van der Waals surface area (Å²) in [5, 5.41) is 0. The Morgan fingerprint density at radius 2 is 2.00 bits per heavy atom. The Balaban J connectivity index is 2.59. The molecule has 0 spiro atoms. The van der Waals surface area contributed by atoms with E-state index in [-0.39, 0.29) is 18.5 Å².